The van der Waals surface area contributed by atoms with E-state index in [9.17, 15) is 13.2 Å². The highest BCUT2D eigenvalue weighted by molar-refractivity contribution is 7.98. The van der Waals surface area contributed by atoms with E-state index in [1.54, 1.807) is 6.26 Å². The minimum atomic E-state index is -3.85. The van der Waals surface area contributed by atoms with Crippen LogP contribution in [0.4, 0.5) is 0 Å². The normalized spacial score (nSPS) is 13.2. The molecule has 0 bridgehead atoms. The van der Waals surface area contributed by atoms with Crippen LogP contribution in [-0.2, 0) is 14.8 Å². The summed E-state index contributed by atoms with van der Waals surface area (Å²) in [6, 6.07) is 4.35. The number of benzene rings is 1. The molecular weight excluding hydrogens is 298 g/mol. The van der Waals surface area contributed by atoms with Gasteiger partial charge in [-0.2, -0.15) is 16.5 Å². The van der Waals surface area contributed by atoms with E-state index in [0.29, 0.717) is 5.02 Å². The van der Waals surface area contributed by atoms with Crippen molar-refractivity contribution < 1.29 is 18.3 Å². The van der Waals surface area contributed by atoms with Crippen LogP contribution in [0.2, 0.25) is 5.02 Å². The lowest BCUT2D eigenvalue weighted by Crippen LogP contribution is -2.42. The fourth-order valence-corrected chi connectivity index (χ4v) is 3.17. The molecule has 0 heterocycles. The molecule has 0 saturated heterocycles. The molecule has 1 aromatic rings. The molecule has 1 atom stereocenters. The van der Waals surface area contributed by atoms with Gasteiger partial charge < -0.3 is 5.11 Å². The number of hydrogen-bond donors (Lipinski definition) is 2. The van der Waals surface area contributed by atoms with Crippen molar-refractivity contribution in [2.75, 3.05) is 12.0 Å². The maximum Gasteiger partial charge on any atom is 0.322 e. The number of carbonyl (C=O) groups is 1. The molecule has 0 amide bonds. The van der Waals surface area contributed by atoms with Crippen LogP contribution >= 0.6 is 23.4 Å². The van der Waals surface area contributed by atoms with Gasteiger partial charge in [0.05, 0.1) is 4.90 Å². The number of rotatable bonds is 6. The van der Waals surface area contributed by atoms with E-state index in [2.05, 4.69) is 4.72 Å². The topological polar surface area (TPSA) is 83.5 Å². The molecule has 0 aliphatic rings. The number of thioether (sulfide) groups is 1. The first-order valence-corrected chi connectivity index (χ1v) is 8.12. The Hall–Kier alpha value is -0.760. The Balaban J connectivity index is 2.93. The lowest BCUT2D eigenvalue weighted by molar-refractivity contribution is -0.138. The minimum absolute atomic E-state index is 0.0146. The number of carboxylic acids is 1. The van der Waals surface area contributed by atoms with Crippen LogP contribution in [0.1, 0.15) is 0 Å². The summed E-state index contributed by atoms with van der Waals surface area (Å²) >= 11 is 6.90. The van der Waals surface area contributed by atoms with Gasteiger partial charge in [0.25, 0.3) is 0 Å². The third-order valence-corrected chi connectivity index (χ3v) is 4.46. The van der Waals surface area contributed by atoms with Gasteiger partial charge in [0.2, 0.25) is 10.0 Å². The van der Waals surface area contributed by atoms with Gasteiger partial charge in [0, 0.05) is 10.8 Å². The molecule has 0 saturated carbocycles. The fourth-order valence-electron chi connectivity index (χ4n) is 1.19. The SMILES string of the molecule is CSCC(NS(=O)(=O)c1ccc(Cl)cc1)C(=O)O. The molecule has 0 aliphatic carbocycles. The Kier molecular flexibility index (Phi) is 5.46. The van der Waals surface area contributed by atoms with Crippen molar-refractivity contribution in [2.24, 2.45) is 0 Å². The van der Waals surface area contributed by atoms with E-state index in [1.807, 2.05) is 0 Å². The van der Waals surface area contributed by atoms with Crippen molar-refractivity contribution in [1.82, 2.24) is 4.72 Å². The molecule has 1 aromatic carbocycles. The van der Waals surface area contributed by atoms with Gasteiger partial charge in [-0.3, -0.25) is 4.79 Å². The molecule has 2 N–H and O–H groups in total. The van der Waals surface area contributed by atoms with Crippen LogP contribution < -0.4 is 4.72 Å². The van der Waals surface area contributed by atoms with Gasteiger partial charge in [-0.25, -0.2) is 8.42 Å². The Labute approximate surface area is 115 Å². The predicted molar refractivity (Wildman–Crippen MR) is 71.6 cm³/mol. The minimum Gasteiger partial charge on any atom is -0.480 e. The first-order valence-electron chi connectivity index (χ1n) is 4.86. The van der Waals surface area contributed by atoms with E-state index in [4.69, 9.17) is 16.7 Å². The third kappa shape index (κ3) is 4.16. The predicted octanol–water partition coefficient (Wildman–Crippen LogP) is 1.43. The van der Waals surface area contributed by atoms with Crippen molar-refractivity contribution in [3.05, 3.63) is 29.3 Å². The lowest BCUT2D eigenvalue weighted by Gasteiger charge is -2.13. The van der Waals surface area contributed by atoms with Crippen LogP contribution in [0.3, 0.4) is 0 Å². The summed E-state index contributed by atoms with van der Waals surface area (Å²) < 4.78 is 26.0. The fraction of sp³-hybridized carbons (Fsp3) is 0.300. The largest absolute Gasteiger partial charge is 0.480 e. The average molecular weight is 310 g/mol. The summed E-state index contributed by atoms with van der Waals surface area (Å²) in [5.74, 6) is -1.05. The van der Waals surface area contributed by atoms with Crippen LogP contribution in [0, 0.1) is 0 Å². The zero-order valence-electron chi connectivity index (χ0n) is 9.46. The van der Waals surface area contributed by atoms with Crippen molar-refractivity contribution in [3.8, 4) is 0 Å². The number of halogens is 1. The highest BCUT2D eigenvalue weighted by Gasteiger charge is 2.24. The highest BCUT2D eigenvalue weighted by atomic mass is 35.5. The lowest BCUT2D eigenvalue weighted by atomic mass is 10.4. The number of hydrogen-bond acceptors (Lipinski definition) is 4. The zero-order valence-corrected chi connectivity index (χ0v) is 11.8. The van der Waals surface area contributed by atoms with Crippen molar-refractivity contribution in [3.63, 3.8) is 0 Å². The maximum absolute atomic E-state index is 11.9. The smallest absolute Gasteiger partial charge is 0.322 e. The standard InChI is InChI=1S/C10H12ClNO4S2/c1-17-6-9(10(13)14)12-18(15,16)8-4-2-7(11)3-5-8/h2-5,9,12H,6H2,1H3,(H,13,14). The van der Waals surface area contributed by atoms with Crippen LogP contribution in [0.25, 0.3) is 0 Å². The maximum atomic E-state index is 11.9. The van der Waals surface area contributed by atoms with Gasteiger partial charge in [-0.15, -0.1) is 0 Å². The van der Waals surface area contributed by atoms with E-state index in [-0.39, 0.29) is 10.6 Å². The van der Waals surface area contributed by atoms with Crippen LogP contribution in [0.15, 0.2) is 29.2 Å². The Bertz CT molecular complexity index is 515. The Morgan fingerprint density at radius 2 is 2.00 bits per heavy atom. The average Bonchev–Trinajstić information content (AvgIpc) is 2.28. The summed E-state index contributed by atoms with van der Waals surface area (Å²) in [6.45, 7) is 0. The first-order chi connectivity index (χ1) is 8.36. The summed E-state index contributed by atoms with van der Waals surface area (Å²) in [7, 11) is -3.85. The van der Waals surface area contributed by atoms with Gasteiger partial charge in [-0.1, -0.05) is 11.6 Å². The van der Waals surface area contributed by atoms with E-state index in [1.165, 1.54) is 36.0 Å². The first kappa shape index (κ1) is 15.3. The van der Waals surface area contributed by atoms with Crippen LogP contribution in [0.5, 0.6) is 0 Å². The van der Waals surface area contributed by atoms with E-state index >= 15 is 0 Å². The molecule has 0 spiro atoms. The molecule has 0 aliphatic heterocycles. The number of sulfonamides is 1. The second kappa shape index (κ2) is 6.42. The molecule has 0 aromatic heterocycles. The second-order valence-corrected chi connectivity index (χ2v) is 6.48. The number of nitrogens with one attached hydrogen (secondary N) is 1. The molecular formula is C10H12ClNO4S2. The van der Waals surface area contributed by atoms with Gasteiger partial charge in [0.1, 0.15) is 6.04 Å². The number of aliphatic carboxylic acids is 1. The Morgan fingerprint density at radius 3 is 2.44 bits per heavy atom. The number of carboxylic acid groups (broad SMARTS) is 1. The quantitative estimate of drug-likeness (QED) is 0.830. The van der Waals surface area contributed by atoms with Crippen molar-refractivity contribution >= 4 is 39.4 Å². The molecule has 18 heavy (non-hydrogen) atoms. The van der Waals surface area contributed by atoms with Gasteiger partial charge in [0.15, 0.2) is 0 Å². The summed E-state index contributed by atoms with van der Waals surface area (Å²) in [5.41, 5.74) is 0. The molecule has 100 valence electrons. The second-order valence-electron chi connectivity index (χ2n) is 3.42. The van der Waals surface area contributed by atoms with Gasteiger partial charge in [-0.05, 0) is 30.5 Å². The molecule has 0 radical (unpaired) electrons. The summed E-state index contributed by atoms with van der Waals surface area (Å²) in [6.07, 6.45) is 1.70. The molecule has 5 nitrogen and oxygen atoms in total. The van der Waals surface area contributed by atoms with E-state index < -0.39 is 22.0 Å². The molecule has 1 unspecified atom stereocenters. The highest BCUT2D eigenvalue weighted by Crippen LogP contribution is 2.14. The molecule has 1 rings (SSSR count). The summed E-state index contributed by atoms with van der Waals surface area (Å²) in [4.78, 5) is 10.9. The van der Waals surface area contributed by atoms with Crippen molar-refractivity contribution in [1.29, 1.82) is 0 Å². The molecule has 8 heteroatoms. The molecule has 0 fully saturated rings. The van der Waals surface area contributed by atoms with Crippen LogP contribution in [-0.4, -0.2) is 37.5 Å². The van der Waals surface area contributed by atoms with Gasteiger partial charge >= 0.3 is 5.97 Å². The van der Waals surface area contributed by atoms with Crippen molar-refractivity contribution in [2.45, 2.75) is 10.9 Å². The zero-order chi connectivity index (χ0) is 13.8. The monoisotopic (exact) mass is 309 g/mol. The third-order valence-electron chi connectivity index (χ3n) is 2.05. The summed E-state index contributed by atoms with van der Waals surface area (Å²) in [5, 5.41) is 9.31. The van der Waals surface area contributed by atoms with E-state index in [0.717, 1.165) is 0 Å². The Morgan fingerprint density at radius 1 is 1.44 bits per heavy atom.